The molecule has 1 aromatic heterocycles. The van der Waals surface area contributed by atoms with Crippen LogP contribution in [0.5, 0.6) is 0 Å². The first-order valence-corrected chi connectivity index (χ1v) is 11.2. The Morgan fingerprint density at radius 1 is 1.17 bits per heavy atom. The molecule has 8 nitrogen and oxygen atoms in total. The number of nitrogens with zero attached hydrogens (tertiary/aromatic N) is 2. The molecule has 3 rings (SSSR count). The van der Waals surface area contributed by atoms with Gasteiger partial charge in [0.05, 0.1) is 16.4 Å². The Labute approximate surface area is 178 Å². The molecule has 10 heteroatoms. The number of nitro groups is 1. The lowest BCUT2D eigenvalue weighted by Gasteiger charge is -2.16. The summed E-state index contributed by atoms with van der Waals surface area (Å²) < 4.78 is 27.5. The molecule has 0 radical (unpaired) electrons. The van der Waals surface area contributed by atoms with Gasteiger partial charge < -0.3 is 4.90 Å². The second-order valence-corrected chi connectivity index (χ2v) is 9.34. The molecule has 0 atom stereocenters. The van der Waals surface area contributed by atoms with Crippen molar-refractivity contribution in [2.45, 2.75) is 18.4 Å². The molecular weight excluding hydrogens is 426 g/mol. The minimum Gasteiger partial charge on any atom is -0.337 e. The molecule has 0 bridgehead atoms. The summed E-state index contributed by atoms with van der Waals surface area (Å²) in [7, 11) is -2.32. The van der Waals surface area contributed by atoms with E-state index in [4.69, 9.17) is 0 Å². The number of nitrogens with one attached hydrogen (secondary N) is 1. The van der Waals surface area contributed by atoms with Crippen molar-refractivity contribution in [3.05, 3.63) is 86.1 Å². The van der Waals surface area contributed by atoms with E-state index in [-0.39, 0.29) is 22.2 Å². The quantitative estimate of drug-likeness (QED) is 0.436. The van der Waals surface area contributed by atoms with Gasteiger partial charge in [-0.25, -0.2) is 8.42 Å². The van der Waals surface area contributed by atoms with Crippen LogP contribution in [-0.4, -0.2) is 31.2 Å². The molecule has 0 saturated carbocycles. The van der Waals surface area contributed by atoms with E-state index in [0.717, 1.165) is 10.9 Å². The molecule has 0 saturated heterocycles. The molecule has 0 aliphatic rings. The Hall–Kier alpha value is -3.24. The van der Waals surface area contributed by atoms with E-state index in [9.17, 15) is 23.3 Å². The Morgan fingerprint density at radius 3 is 2.47 bits per heavy atom. The first kappa shape index (κ1) is 21.5. The highest BCUT2D eigenvalue weighted by atomic mass is 32.2. The molecule has 1 N–H and O–H groups in total. The number of hydrogen-bond acceptors (Lipinski definition) is 6. The first-order valence-electron chi connectivity index (χ1n) is 8.83. The number of nitro benzene ring substituents is 1. The molecule has 0 fully saturated rings. The Balaban J connectivity index is 1.74. The van der Waals surface area contributed by atoms with Crippen molar-refractivity contribution in [1.82, 2.24) is 4.90 Å². The fourth-order valence-corrected chi connectivity index (χ4v) is 4.61. The van der Waals surface area contributed by atoms with Crippen LogP contribution in [0.1, 0.15) is 20.8 Å². The molecule has 0 aliphatic heterocycles. The molecular formula is C20H19N3O5S2. The molecule has 3 aromatic rings. The molecule has 0 unspecified atom stereocenters. The second kappa shape index (κ2) is 8.64. The van der Waals surface area contributed by atoms with Crippen LogP contribution in [-0.2, 0) is 16.6 Å². The van der Waals surface area contributed by atoms with E-state index in [1.54, 1.807) is 23.3 Å². The summed E-state index contributed by atoms with van der Waals surface area (Å²) in [4.78, 5) is 25.4. The number of anilines is 1. The Kier molecular flexibility index (Phi) is 6.18. The molecule has 30 heavy (non-hydrogen) atoms. The van der Waals surface area contributed by atoms with E-state index in [1.165, 1.54) is 43.3 Å². The van der Waals surface area contributed by atoms with Crippen molar-refractivity contribution in [2.75, 3.05) is 11.8 Å². The van der Waals surface area contributed by atoms with Crippen molar-refractivity contribution in [1.29, 1.82) is 0 Å². The molecule has 0 spiro atoms. The Morgan fingerprint density at radius 2 is 1.87 bits per heavy atom. The average molecular weight is 446 g/mol. The summed E-state index contributed by atoms with van der Waals surface area (Å²) >= 11 is 1.56. The van der Waals surface area contributed by atoms with Gasteiger partial charge in [0.25, 0.3) is 21.6 Å². The van der Waals surface area contributed by atoms with Crippen LogP contribution in [0.3, 0.4) is 0 Å². The lowest BCUT2D eigenvalue weighted by molar-refractivity contribution is -0.385. The van der Waals surface area contributed by atoms with Crippen molar-refractivity contribution >= 4 is 38.6 Å². The van der Waals surface area contributed by atoms with Gasteiger partial charge >= 0.3 is 0 Å². The van der Waals surface area contributed by atoms with Crippen molar-refractivity contribution in [3.8, 4) is 0 Å². The van der Waals surface area contributed by atoms with E-state index in [0.29, 0.717) is 17.7 Å². The van der Waals surface area contributed by atoms with Gasteiger partial charge in [0.2, 0.25) is 0 Å². The van der Waals surface area contributed by atoms with Gasteiger partial charge in [-0.3, -0.25) is 19.6 Å². The third-order valence-corrected chi connectivity index (χ3v) is 6.63. The summed E-state index contributed by atoms with van der Waals surface area (Å²) in [5.74, 6) is -0.188. The topological polar surface area (TPSA) is 110 Å². The molecule has 156 valence electrons. The van der Waals surface area contributed by atoms with Crippen molar-refractivity contribution in [2.24, 2.45) is 0 Å². The number of sulfonamides is 1. The van der Waals surface area contributed by atoms with Crippen molar-refractivity contribution < 1.29 is 18.1 Å². The minimum atomic E-state index is -4.02. The minimum absolute atomic E-state index is 0.188. The lowest BCUT2D eigenvalue weighted by atomic mass is 10.2. The van der Waals surface area contributed by atoms with Crippen LogP contribution >= 0.6 is 11.3 Å². The standard InChI is InChI=1S/C20H19N3O5S2/c1-14-5-10-18(12-19(14)23(25)26)30(27,28)21-16-8-6-15(7-9-16)20(24)22(2)13-17-4-3-11-29-17/h3-12,21H,13H2,1-2H3. The van der Waals surface area contributed by atoms with E-state index >= 15 is 0 Å². The smallest absolute Gasteiger partial charge is 0.273 e. The highest BCUT2D eigenvalue weighted by molar-refractivity contribution is 7.92. The number of carbonyl (C=O) groups is 1. The zero-order valence-corrected chi connectivity index (χ0v) is 17.9. The molecule has 0 aliphatic carbocycles. The van der Waals surface area contributed by atoms with Crippen LogP contribution in [0, 0.1) is 17.0 Å². The van der Waals surface area contributed by atoms with Gasteiger partial charge in [-0.05, 0) is 48.7 Å². The monoisotopic (exact) mass is 445 g/mol. The van der Waals surface area contributed by atoms with Gasteiger partial charge in [0.1, 0.15) is 0 Å². The number of carbonyl (C=O) groups excluding carboxylic acids is 1. The third-order valence-electron chi connectivity index (χ3n) is 4.39. The zero-order chi connectivity index (χ0) is 21.9. The summed E-state index contributed by atoms with van der Waals surface area (Å²) in [6, 6.07) is 13.6. The average Bonchev–Trinajstić information content (AvgIpc) is 3.20. The predicted octanol–water partition coefficient (Wildman–Crippen LogP) is 4.04. The van der Waals surface area contributed by atoms with Gasteiger partial charge in [-0.1, -0.05) is 12.1 Å². The van der Waals surface area contributed by atoms with Gasteiger partial charge in [0.15, 0.2) is 0 Å². The first-order chi connectivity index (χ1) is 14.2. The van der Waals surface area contributed by atoms with Gasteiger partial charge in [0, 0.05) is 34.8 Å². The maximum absolute atomic E-state index is 12.6. The number of benzene rings is 2. The molecule has 2 aromatic carbocycles. The fraction of sp³-hybridized carbons (Fsp3) is 0.150. The van der Waals surface area contributed by atoms with Crippen LogP contribution < -0.4 is 4.72 Å². The maximum atomic E-state index is 12.6. The molecule has 1 amide bonds. The summed E-state index contributed by atoms with van der Waals surface area (Å²) in [5.41, 5.74) is 0.764. The van der Waals surface area contributed by atoms with E-state index in [2.05, 4.69) is 4.72 Å². The van der Waals surface area contributed by atoms with Crippen molar-refractivity contribution in [3.63, 3.8) is 0 Å². The van der Waals surface area contributed by atoms with Crippen LogP contribution in [0.2, 0.25) is 0 Å². The number of hydrogen-bond donors (Lipinski definition) is 1. The summed E-state index contributed by atoms with van der Waals surface area (Å²) in [5, 5.41) is 13.0. The predicted molar refractivity (Wildman–Crippen MR) is 115 cm³/mol. The van der Waals surface area contributed by atoms with Crippen LogP contribution in [0.15, 0.2) is 64.9 Å². The number of aryl methyl sites for hydroxylation is 1. The number of thiophene rings is 1. The third kappa shape index (κ3) is 4.84. The highest BCUT2D eigenvalue weighted by Crippen LogP contribution is 2.24. The maximum Gasteiger partial charge on any atom is 0.273 e. The van der Waals surface area contributed by atoms with Gasteiger partial charge in [-0.15, -0.1) is 11.3 Å². The largest absolute Gasteiger partial charge is 0.337 e. The van der Waals surface area contributed by atoms with E-state index < -0.39 is 14.9 Å². The van der Waals surface area contributed by atoms with Gasteiger partial charge in [-0.2, -0.15) is 0 Å². The zero-order valence-electron chi connectivity index (χ0n) is 16.2. The van der Waals surface area contributed by atoms with Crippen LogP contribution in [0.25, 0.3) is 0 Å². The van der Waals surface area contributed by atoms with E-state index in [1.807, 2.05) is 17.5 Å². The summed E-state index contributed by atoms with van der Waals surface area (Å²) in [6.45, 7) is 2.02. The summed E-state index contributed by atoms with van der Waals surface area (Å²) in [6.07, 6.45) is 0. The normalized spacial score (nSPS) is 11.1. The molecule has 1 heterocycles. The second-order valence-electron chi connectivity index (χ2n) is 6.63. The SMILES string of the molecule is Cc1ccc(S(=O)(=O)Nc2ccc(C(=O)N(C)Cc3cccs3)cc2)cc1[N+](=O)[O-]. The fourth-order valence-electron chi connectivity index (χ4n) is 2.78. The Bertz CT molecular complexity index is 1170. The highest BCUT2D eigenvalue weighted by Gasteiger charge is 2.20. The number of rotatable bonds is 7. The van der Waals surface area contributed by atoms with Crippen LogP contribution in [0.4, 0.5) is 11.4 Å². The number of amides is 1. The lowest BCUT2D eigenvalue weighted by Crippen LogP contribution is -2.25.